The highest BCUT2D eigenvalue weighted by Crippen LogP contribution is 2.50. The number of carbonyl (C=O) groups excluding carboxylic acids is 2. The second-order valence-corrected chi connectivity index (χ2v) is 11.2. The summed E-state index contributed by atoms with van der Waals surface area (Å²) in [7, 11) is 0. The van der Waals surface area contributed by atoms with Crippen LogP contribution in [-0.2, 0) is 17.3 Å². The molecule has 44 heavy (non-hydrogen) atoms. The third-order valence-corrected chi connectivity index (χ3v) is 8.36. The van der Waals surface area contributed by atoms with Crippen LogP contribution in [-0.4, -0.2) is 41.5 Å². The molecule has 0 saturated carbocycles. The van der Waals surface area contributed by atoms with E-state index in [0.29, 0.717) is 66.8 Å². The molecule has 8 nitrogen and oxygen atoms in total. The van der Waals surface area contributed by atoms with Gasteiger partial charge in [0.25, 0.3) is 5.91 Å². The number of benzene rings is 3. The highest BCUT2D eigenvalue weighted by atomic mass is 35.5. The first kappa shape index (κ1) is 28.3. The monoisotopic (exact) mass is 629 g/mol. The van der Waals surface area contributed by atoms with E-state index in [1.807, 2.05) is 6.20 Å². The van der Waals surface area contributed by atoms with Gasteiger partial charge >= 0.3 is 12.2 Å². The summed E-state index contributed by atoms with van der Waals surface area (Å²) in [5, 5.41) is 10.1. The zero-order valence-corrected chi connectivity index (χ0v) is 23.3. The molecule has 1 fully saturated rings. The van der Waals surface area contributed by atoms with Gasteiger partial charge in [-0.05, 0) is 60.0 Å². The number of nitrogens with one attached hydrogen (secondary N) is 2. The van der Waals surface area contributed by atoms with Gasteiger partial charge in [0, 0.05) is 45.7 Å². The van der Waals surface area contributed by atoms with Crippen LogP contribution in [0.15, 0.2) is 54.9 Å². The SMILES string of the molecule is O=C(Nc1cc(-c2cnn(C3COC3)c2)c2c3c1C(c1cc(F)ccc1Cl)NC(=O)N3CC2)c1cc(F)cc(C(F)(F)F)c1. The number of rotatable bonds is 5. The van der Waals surface area contributed by atoms with Crippen LogP contribution in [0.1, 0.15) is 44.7 Å². The average molecular weight is 630 g/mol. The lowest BCUT2D eigenvalue weighted by Crippen LogP contribution is -2.46. The minimum absolute atomic E-state index is 0.0479. The molecule has 1 saturated heterocycles. The van der Waals surface area contributed by atoms with Crippen LogP contribution in [0.3, 0.4) is 0 Å². The zero-order chi connectivity index (χ0) is 30.9. The quantitative estimate of drug-likeness (QED) is 0.247. The van der Waals surface area contributed by atoms with Crippen LogP contribution >= 0.6 is 11.6 Å². The van der Waals surface area contributed by atoms with E-state index in [2.05, 4.69) is 15.7 Å². The van der Waals surface area contributed by atoms with Crippen molar-refractivity contribution in [2.24, 2.45) is 0 Å². The number of aromatic nitrogens is 2. The van der Waals surface area contributed by atoms with E-state index in [1.165, 1.54) is 11.0 Å². The Morgan fingerprint density at radius 3 is 2.61 bits per heavy atom. The largest absolute Gasteiger partial charge is 0.416 e. The van der Waals surface area contributed by atoms with E-state index in [-0.39, 0.29) is 22.3 Å². The molecule has 1 unspecified atom stereocenters. The molecule has 0 aliphatic carbocycles. The Labute approximate surface area is 251 Å². The second-order valence-electron chi connectivity index (χ2n) is 10.7. The van der Waals surface area contributed by atoms with Gasteiger partial charge in [-0.1, -0.05) is 11.6 Å². The predicted octanol–water partition coefficient (Wildman–Crippen LogP) is 6.50. The lowest BCUT2D eigenvalue weighted by atomic mass is 9.88. The summed E-state index contributed by atoms with van der Waals surface area (Å²) in [5.74, 6) is -2.88. The summed E-state index contributed by atoms with van der Waals surface area (Å²) in [5.41, 5.74) is 1.30. The molecule has 2 N–H and O–H groups in total. The molecule has 226 valence electrons. The normalized spacial score (nSPS) is 17.7. The molecule has 0 radical (unpaired) electrons. The van der Waals surface area contributed by atoms with Gasteiger partial charge in [0.2, 0.25) is 0 Å². The number of ether oxygens (including phenoxy) is 1. The van der Waals surface area contributed by atoms with Gasteiger partial charge in [-0.3, -0.25) is 14.4 Å². The van der Waals surface area contributed by atoms with Crippen molar-refractivity contribution in [2.45, 2.75) is 24.7 Å². The van der Waals surface area contributed by atoms with E-state index in [4.69, 9.17) is 16.3 Å². The molecule has 0 spiro atoms. The van der Waals surface area contributed by atoms with Crippen molar-refractivity contribution in [3.05, 3.63) is 99.3 Å². The fourth-order valence-corrected chi connectivity index (χ4v) is 6.08. The van der Waals surface area contributed by atoms with Crippen molar-refractivity contribution in [3.63, 3.8) is 0 Å². The smallest absolute Gasteiger partial charge is 0.377 e. The Hall–Kier alpha value is -4.49. The van der Waals surface area contributed by atoms with Gasteiger partial charge in [0.05, 0.1) is 42.7 Å². The first-order valence-corrected chi connectivity index (χ1v) is 13.9. The minimum atomic E-state index is -4.89. The van der Waals surface area contributed by atoms with Crippen LogP contribution in [0.5, 0.6) is 0 Å². The molecule has 4 heterocycles. The minimum Gasteiger partial charge on any atom is -0.377 e. The van der Waals surface area contributed by atoms with Crippen molar-refractivity contribution in [2.75, 3.05) is 30.0 Å². The van der Waals surface area contributed by atoms with E-state index in [9.17, 15) is 31.5 Å². The van der Waals surface area contributed by atoms with Crippen LogP contribution in [0.25, 0.3) is 11.1 Å². The molecule has 3 amide bonds. The Kier molecular flexibility index (Phi) is 6.63. The van der Waals surface area contributed by atoms with E-state index in [0.717, 1.165) is 17.7 Å². The van der Waals surface area contributed by atoms with Crippen LogP contribution < -0.4 is 15.5 Å². The van der Waals surface area contributed by atoms with Crippen molar-refractivity contribution >= 4 is 34.9 Å². The Morgan fingerprint density at radius 2 is 1.89 bits per heavy atom. The van der Waals surface area contributed by atoms with Gasteiger partial charge in [-0.25, -0.2) is 13.6 Å². The number of halogens is 6. The number of nitrogens with zero attached hydrogens (tertiary/aromatic N) is 3. The van der Waals surface area contributed by atoms with E-state index in [1.54, 1.807) is 16.9 Å². The molecule has 14 heteroatoms. The number of amides is 3. The number of urea groups is 1. The summed E-state index contributed by atoms with van der Waals surface area (Å²) in [4.78, 5) is 28.3. The zero-order valence-electron chi connectivity index (χ0n) is 22.5. The van der Waals surface area contributed by atoms with Crippen molar-refractivity contribution in [3.8, 4) is 11.1 Å². The number of hydrogen-bond donors (Lipinski definition) is 2. The highest BCUT2D eigenvalue weighted by Gasteiger charge is 2.41. The average Bonchev–Trinajstić information content (AvgIpc) is 3.60. The maximum Gasteiger partial charge on any atom is 0.416 e. The number of alkyl halides is 3. The van der Waals surface area contributed by atoms with Gasteiger partial charge in [-0.2, -0.15) is 18.3 Å². The molecular weight excluding hydrogens is 609 g/mol. The molecule has 3 aliphatic rings. The van der Waals surface area contributed by atoms with E-state index >= 15 is 0 Å². The summed E-state index contributed by atoms with van der Waals surface area (Å²) >= 11 is 6.46. The third kappa shape index (κ3) is 4.76. The summed E-state index contributed by atoms with van der Waals surface area (Å²) in [6.45, 7) is 1.29. The molecule has 4 aromatic rings. The fraction of sp³-hybridized carbons (Fsp3) is 0.233. The Bertz CT molecular complexity index is 1860. The number of anilines is 2. The summed E-state index contributed by atoms with van der Waals surface area (Å²) in [6, 6.07) is 5.38. The third-order valence-electron chi connectivity index (χ3n) is 8.01. The van der Waals surface area contributed by atoms with E-state index < -0.39 is 46.9 Å². The number of carbonyl (C=O) groups is 2. The van der Waals surface area contributed by atoms with Gasteiger partial charge in [-0.15, -0.1) is 0 Å². The summed E-state index contributed by atoms with van der Waals surface area (Å²) < 4.78 is 76.0. The van der Waals surface area contributed by atoms with Crippen molar-refractivity contribution < 1.29 is 36.3 Å². The van der Waals surface area contributed by atoms with Crippen molar-refractivity contribution in [1.29, 1.82) is 0 Å². The van der Waals surface area contributed by atoms with Gasteiger partial charge in [0.1, 0.15) is 11.6 Å². The molecule has 7 rings (SSSR count). The van der Waals surface area contributed by atoms with Gasteiger partial charge in [0.15, 0.2) is 0 Å². The molecule has 0 bridgehead atoms. The Morgan fingerprint density at radius 1 is 1.09 bits per heavy atom. The molecule has 1 aromatic heterocycles. The maximum absolute atomic E-state index is 14.4. The molecule has 3 aliphatic heterocycles. The Balaban J connectivity index is 1.41. The second kappa shape index (κ2) is 10.3. The summed E-state index contributed by atoms with van der Waals surface area (Å²) in [6.07, 6.45) is -0.999. The maximum atomic E-state index is 14.4. The number of hydrogen-bond acceptors (Lipinski definition) is 4. The first-order valence-electron chi connectivity index (χ1n) is 13.5. The predicted molar refractivity (Wildman–Crippen MR) is 150 cm³/mol. The lowest BCUT2D eigenvalue weighted by Gasteiger charge is -2.35. The van der Waals surface area contributed by atoms with Crippen LogP contribution in [0, 0.1) is 11.6 Å². The molecule has 1 atom stereocenters. The topological polar surface area (TPSA) is 88.5 Å². The fourth-order valence-electron chi connectivity index (χ4n) is 5.85. The molecular formula is C30H21ClF5N5O3. The molecule has 3 aromatic carbocycles. The van der Waals surface area contributed by atoms with Crippen LogP contribution in [0.4, 0.5) is 38.1 Å². The first-order chi connectivity index (χ1) is 21.0. The highest BCUT2D eigenvalue weighted by molar-refractivity contribution is 6.31. The lowest BCUT2D eigenvalue weighted by molar-refractivity contribution is -0.137. The van der Waals surface area contributed by atoms with Crippen molar-refractivity contribution in [1.82, 2.24) is 15.1 Å². The van der Waals surface area contributed by atoms with Crippen LogP contribution in [0.2, 0.25) is 5.02 Å². The van der Waals surface area contributed by atoms with Gasteiger partial charge < -0.3 is 15.4 Å². The standard InChI is InChI=1S/C30H21ClF5N5O3/c31-23-2-1-17(32)8-22(23)26-25-24(38-28(42)14-5-16(30(34,35)36)7-18(33)6-14)9-21(15-10-37-41(11-15)19-12-44-13-19)20-3-4-40(27(20)25)29(43)39-26/h1-2,5-11,19,26H,3-4,12-13H2,(H,38,42)(H,39,43).